The second-order valence-corrected chi connectivity index (χ2v) is 7.57. The Morgan fingerprint density at radius 2 is 2.00 bits per heavy atom. The molecule has 2 aromatic rings. The number of carbonyl (C=O) groups excluding carboxylic acids is 2. The molecular weight excluding hydrogens is 340 g/mol. The number of rotatable bonds is 2. The van der Waals surface area contributed by atoms with E-state index in [-0.39, 0.29) is 11.7 Å². The minimum atomic E-state index is -0.926. The fraction of sp³-hybridized carbons (Fsp3) is 0.364. The maximum atomic E-state index is 13.5. The van der Waals surface area contributed by atoms with Crippen LogP contribution in [0.25, 0.3) is 0 Å². The van der Waals surface area contributed by atoms with Crippen molar-refractivity contribution in [1.82, 2.24) is 0 Å². The Hall–Kier alpha value is -2.82. The molecule has 2 aromatic carbocycles. The van der Waals surface area contributed by atoms with E-state index in [1.165, 1.54) is 18.2 Å². The molecule has 2 atom stereocenters. The molecule has 2 aliphatic carbocycles. The Labute approximate surface area is 157 Å². The monoisotopic (exact) mass is 360 g/mol. The molecule has 136 valence electrons. The van der Waals surface area contributed by atoms with Gasteiger partial charge in [-0.3, -0.25) is 4.79 Å². The predicted molar refractivity (Wildman–Crippen MR) is 99.5 cm³/mol. The number of ketones is 1. The lowest BCUT2D eigenvalue weighted by Crippen LogP contribution is -2.39. The van der Waals surface area contributed by atoms with Gasteiger partial charge in [0.05, 0.1) is 19.2 Å². The summed E-state index contributed by atoms with van der Waals surface area (Å²) in [5.41, 5.74) is 5.00. The van der Waals surface area contributed by atoms with Crippen molar-refractivity contribution < 1.29 is 14.3 Å². The molecule has 0 N–H and O–H groups in total. The van der Waals surface area contributed by atoms with Crippen LogP contribution in [-0.2, 0) is 24.0 Å². The first-order chi connectivity index (χ1) is 13.2. The van der Waals surface area contributed by atoms with E-state index in [1.54, 1.807) is 6.07 Å². The summed E-state index contributed by atoms with van der Waals surface area (Å²) in [5.74, 6) is -0.598. The van der Waals surface area contributed by atoms with Crippen LogP contribution >= 0.6 is 0 Å². The first-order valence-corrected chi connectivity index (χ1v) is 9.40. The average molecular weight is 360 g/mol. The van der Waals surface area contributed by atoms with Gasteiger partial charge in [0.2, 0.25) is 0 Å². The van der Waals surface area contributed by atoms with Crippen molar-refractivity contribution in [3.05, 3.63) is 69.8 Å². The number of aryl methyl sites for hydroxylation is 1. The first kappa shape index (κ1) is 16.4. The zero-order chi connectivity index (χ0) is 18.6. The van der Waals surface area contributed by atoms with Crippen LogP contribution in [0.4, 0.5) is 0 Å². The number of hydrogen-bond donors (Lipinski definition) is 0. The van der Waals surface area contributed by atoms with Gasteiger partial charge >= 0.3 is 5.97 Å². The normalized spacial score (nSPS) is 25.1. The number of methoxy groups -OCH3 is 1. The summed E-state index contributed by atoms with van der Waals surface area (Å²) in [4.78, 5) is 25.8. The van der Waals surface area contributed by atoms with Gasteiger partial charge in [0.1, 0.15) is 0 Å². The van der Waals surface area contributed by atoms with Crippen molar-refractivity contribution in [2.75, 3.05) is 13.7 Å². The van der Waals surface area contributed by atoms with Crippen LogP contribution in [0.5, 0.6) is 0 Å². The van der Waals surface area contributed by atoms with Crippen LogP contribution in [0.3, 0.4) is 0 Å². The van der Waals surface area contributed by atoms with Crippen LogP contribution in [0, 0.1) is 0 Å². The largest absolute Gasteiger partial charge is 0.465 e. The standard InChI is InChI=1S/C22H20N2O3/c1-27-21(26)17-7-3-2-6-15(17)19-12-23-24-22(19)11-18-14-8-4-5-13(14)9-10-16(18)20(22)25/h2-3,6-7,9-10,19H,4-5,8,11-12H2,1H3/t19-,22-/m1/s1. The number of hydrogen-bond acceptors (Lipinski definition) is 5. The van der Waals surface area contributed by atoms with Crippen LogP contribution in [-0.4, -0.2) is 30.9 Å². The van der Waals surface area contributed by atoms with Gasteiger partial charge in [-0.1, -0.05) is 30.3 Å². The summed E-state index contributed by atoms with van der Waals surface area (Å²) in [6.07, 6.45) is 3.83. The summed E-state index contributed by atoms with van der Waals surface area (Å²) in [6, 6.07) is 11.4. The highest BCUT2D eigenvalue weighted by molar-refractivity contribution is 6.09. The Bertz CT molecular complexity index is 1010. The molecule has 3 aliphatic rings. The smallest absolute Gasteiger partial charge is 0.338 e. The molecular formula is C22H20N2O3. The van der Waals surface area contributed by atoms with Gasteiger partial charge in [-0.05, 0) is 47.6 Å². The molecule has 0 aromatic heterocycles. The number of Topliss-reactive ketones (excluding diaryl/α,β-unsaturated/α-hetero) is 1. The summed E-state index contributed by atoms with van der Waals surface area (Å²) < 4.78 is 4.95. The highest BCUT2D eigenvalue weighted by atomic mass is 16.5. The van der Waals surface area contributed by atoms with E-state index < -0.39 is 11.5 Å². The van der Waals surface area contributed by atoms with Gasteiger partial charge in [-0.25, -0.2) is 4.79 Å². The van der Waals surface area contributed by atoms with Gasteiger partial charge in [0.25, 0.3) is 0 Å². The third-order valence-electron chi connectivity index (χ3n) is 6.32. The van der Waals surface area contributed by atoms with Gasteiger partial charge in [0, 0.05) is 17.9 Å². The molecule has 0 amide bonds. The van der Waals surface area contributed by atoms with E-state index in [2.05, 4.69) is 16.3 Å². The fourth-order valence-electron chi connectivity index (χ4n) is 5.02. The zero-order valence-corrected chi connectivity index (χ0v) is 15.2. The van der Waals surface area contributed by atoms with Gasteiger partial charge in [0.15, 0.2) is 11.3 Å². The molecule has 27 heavy (non-hydrogen) atoms. The van der Waals surface area contributed by atoms with E-state index >= 15 is 0 Å². The average Bonchev–Trinajstić information content (AvgIpc) is 3.40. The summed E-state index contributed by atoms with van der Waals surface area (Å²) >= 11 is 0. The maximum absolute atomic E-state index is 13.5. The molecule has 1 heterocycles. The third kappa shape index (κ3) is 2.17. The van der Waals surface area contributed by atoms with Crippen molar-refractivity contribution >= 4 is 11.8 Å². The van der Waals surface area contributed by atoms with Crippen LogP contribution in [0.15, 0.2) is 46.6 Å². The minimum absolute atomic E-state index is 0.0399. The van der Waals surface area contributed by atoms with Crippen LogP contribution in [0.1, 0.15) is 55.3 Å². The van der Waals surface area contributed by atoms with Crippen molar-refractivity contribution in [2.24, 2.45) is 10.2 Å². The Balaban J connectivity index is 1.63. The Kier molecular flexibility index (Phi) is 3.54. The van der Waals surface area contributed by atoms with E-state index in [9.17, 15) is 9.59 Å². The number of esters is 1. The van der Waals surface area contributed by atoms with E-state index in [0.29, 0.717) is 18.5 Å². The first-order valence-electron chi connectivity index (χ1n) is 9.40. The van der Waals surface area contributed by atoms with E-state index in [1.807, 2.05) is 24.3 Å². The summed E-state index contributed by atoms with van der Waals surface area (Å²) in [7, 11) is 1.37. The number of fused-ring (bicyclic) bond motifs is 3. The van der Waals surface area contributed by atoms with Crippen molar-refractivity contribution in [1.29, 1.82) is 0 Å². The molecule has 1 spiro atoms. The molecule has 0 fully saturated rings. The van der Waals surface area contributed by atoms with Crippen molar-refractivity contribution in [2.45, 2.75) is 37.1 Å². The number of azo groups is 1. The minimum Gasteiger partial charge on any atom is -0.465 e. The Morgan fingerprint density at radius 3 is 2.85 bits per heavy atom. The lowest BCUT2D eigenvalue weighted by Gasteiger charge is -2.27. The molecule has 5 heteroatoms. The molecule has 5 nitrogen and oxygen atoms in total. The number of nitrogens with zero attached hydrogens (tertiary/aromatic N) is 2. The quantitative estimate of drug-likeness (QED) is 0.767. The molecule has 0 saturated heterocycles. The van der Waals surface area contributed by atoms with Crippen LogP contribution < -0.4 is 0 Å². The maximum Gasteiger partial charge on any atom is 0.338 e. The van der Waals surface area contributed by atoms with Gasteiger partial charge < -0.3 is 4.74 Å². The highest BCUT2D eigenvalue weighted by Crippen LogP contribution is 2.49. The molecule has 0 unspecified atom stereocenters. The number of ether oxygens (including phenoxy) is 1. The van der Waals surface area contributed by atoms with Gasteiger partial charge in [-0.2, -0.15) is 10.2 Å². The molecule has 0 saturated carbocycles. The number of carbonyl (C=O) groups is 2. The van der Waals surface area contributed by atoms with Gasteiger partial charge in [-0.15, -0.1) is 0 Å². The lowest BCUT2D eigenvalue weighted by atomic mass is 9.76. The SMILES string of the molecule is COC(=O)c1ccccc1[C@H]1CN=N[C@]12Cc1c(ccc3c1CCC3)C2=O. The Morgan fingerprint density at radius 1 is 1.15 bits per heavy atom. The van der Waals surface area contributed by atoms with E-state index in [4.69, 9.17) is 4.74 Å². The molecule has 0 radical (unpaired) electrons. The van der Waals surface area contributed by atoms with Crippen LogP contribution in [0.2, 0.25) is 0 Å². The predicted octanol–water partition coefficient (Wildman–Crippen LogP) is 3.69. The summed E-state index contributed by atoms with van der Waals surface area (Å²) in [6.45, 7) is 0.413. The second kappa shape index (κ2) is 5.84. The summed E-state index contributed by atoms with van der Waals surface area (Å²) in [5, 5.41) is 8.78. The number of benzene rings is 2. The van der Waals surface area contributed by atoms with Crippen molar-refractivity contribution in [3.8, 4) is 0 Å². The lowest BCUT2D eigenvalue weighted by molar-refractivity contribution is 0.0597. The molecule has 5 rings (SSSR count). The highest BCUT2D eigenvalue weighted by Gasteiger charge is 2.55. The zero-order valence-electron chi connectivity index (χ0n) is 15.2. The fourth-order valence-corrected chi connectivity index (χ4v) is 5.02. The molecule has 0 bridgehead atoms. The molecule has 1 aliphatic heterocycles. The topological polar surface area (TPSA) is 68.1 Å². The third-order valence-corrected chi connectivity index (χ3v) is 6.32. The second-order valence-electron chi connectivity index (χ2n) is 7.57. The van der Waals surface area contributed by atoms with E-state index in [0.717, 1.165) is 36.0 Å². The van der Waals surface area contributed by atoms with Crippen molar-refractivity contribution in [3.63, 3.8) is 0 Å².